The van der Waals surface area contributed by atoms with Gasteiger partial charge >= 0.3 is 0 Å². The molecule has 11 aromatic rings. The van der Waals surface area contributed by atoms with Gasteiger partial charge in [0.2, 0.25) is 0 Å². The first-order valence-corrected chi connectivity index (χ1v) is 20.3. The number of rotatable bonds is 8. The molecule has 0 bridgehead atoms. The summed E-state index contributed by atoms with van der Waals surface area (Å²) in [6, 6.07) is 68.8. The van der Waals surface area contributed by atoms with Gasteiger partial charge in [0.1, 0.15) is 0 Å². The highest BCUT2D eigenvalue weighted by Crippen LogP contribution is 2.41. The third-order valence-corrected chi connectivity index (χ3v) is 11.2. The Kier molecular flexibility index (Phi) is 8.07. The van der Waals surface area contributed by atoms with Crippen molar-refractivity contribution in [3.05, 3.63) is 230 Å². The van der Waals surface area contributed by atoms with E-state index >= 15 is 0 Å². The predicted molar refractivity (Wildman–Crippen MR) is 252 cm³/mol. The third kappa shape index (κ3) is 6.76. The zero-order valence-corrected chi connectivity index (χ0v) is 32.9. The Morgan fingerprint density at radius 2 is 0.787 bits per heavy atom. The standard InChI is InChI=1S/C57H38N4/c1-4-16-39(17-5-1)40-30-32-44(33-31-40)56-58-55(43-20-8-3-9-21-43)59-57(60-56)46-23-14-22-45(38-46)41-34-36-47(37-35-41)61-53-29-13-12-26-50(53)52-28-15-27-51(54(52)61)49-25-11-10-24-48(49)42-18-6-2-7-19-42/h1-38H/i12D,13D,26D,29D. The second-order valence-electron chi connectivity index (χ2n) is 14.9. The van der Waals surface area contributed by atoms with Gasteiger partial charge in [-0.2, -0.15) is 0 Å². The summed E-state index contributed by atoms with van der Waals surface area (Å²) in [5.41, 5.74) is 12.9. The number of hydrogen-bond donors (Lipinski definition) is 0. The number of para-hydroxylation sites is 2. The highest BCUT2D eigenvalue weighted by atomic mass is 15.0. The Labute approximate surface area is 360 Å². The van der Waals surface area contributed by atoms with Crippen LogP contribution in [0.1, 0.15) is 5.48 Å². The number of hydrogen-bond acceptors (Lipinski definition) is 3. The molecule has 2 heterocycles. The van der Waals surface area contributed by atoms with E-state index in [-0.39, 0.29) is 24.2 Å². The van der Waals surface area contributed by atoms with E-state index in [2.05, 4.69) is 91.0 Å². The lowest BCUT2D eigenvalue weighted by Crippen LogP contribution is -2.00. The average molecular weight is 783 g/mol. The minimum atomic E-state index is -0.271. The van der Waals surface area contributed by atoms with E-state index in [0.717, 1.165) is 77.8 Å². The summed E-state index contributed by atoms with van der Waals surface area (Å²) in [6.07, 6.45) is 0. The van der Waals surface area contributed by atoms with Gasteiger partial charge < -0.3 is 4.57 Å². The molecule has 0 atom stereocenters. The molecule has 0 spiro atoms. The van der Waals surface area contributed by atoms with Gasteiger partial charge in [0.25, 0.3) is 0 Å². The second-order valence-corrected chi connectivity index (χ2v) is 14.9. The molecule has 11 rings (SSSR count). The van der Waals surface area contributed by atoms with Crippen LogP contribution in [0.5, 0.6) is 0 Å². The molecule has 61 heavy (non-hydrogen) atoms. The van der Waals surface area contributed by atoms with Crippen LogP contribution in [0.15, 0.2) is 230 Å². The molecule has 0 aliphatic carbocycles. The van der Waals surface area contributed by atoms with Crippen molar-refractivity contribution in [3.63, 3.8) is 0 Å². The van der Waals surface area contributed by atoms with Crippen LogP contribution in [0.25, 0.3) is 106 Å². The van der Waals surface area contributed by atoms with Crippen LogP contribution in [-0.4, -0.2) is 19.5 Å². The van der Waals surface area contributed by atoms with E-state index in [0.29, 0.717) is 28.4 Å². The molecule has 0 radical (unpaired) electrons. The quantitative estimate of drug-likeness (QED) is 0.154. The fraction of sp³-hybridized carbons (Fsp3) is 0. The fourth-order valence-electron chi connectivity index (χ4n) is 8.26. The number of nitrogens with zero attached hydrogens (tertiary/aromatic N) is 4. The molecule has 0 unspecified atom stereocenters. The van der Waals surface area contributed by atoms with Crippen LogP contribution in [0.2, 0.25) is 0 Å². The van der Waals surface area contributed by atoms with Gasteiger partial charge in [-0.25, -0.2) is 15.0 Å². The molecule has 2 aromatic heterocycles. The topological polar surface area (TPSA) is 43.6 Å². The number of fused-ring (bicyclic) bond motifs is 3. The molecular weight excluding hydrogens is 741 g/mol. The lowest BCUT2D eigenvalue weighted by atomic mass is 9.93. The highest BCUT2D eigenvalue weighted by Gasteiger charge is 2.19. The van der Waals surface area contributed by atoms with Crippen molar-refractivity contribution < 1.29 is 5.48 Å². The smallest absolute Gasteiger partial charge is 0.164 e. The van der Waals surface area contributed by atoms with E-state index < -0.39 is 0 Å². The zero-order valence-electron chi connectivity index (χ0n) is 36.9. The van der Waals surface area contributed by atoms with Crippen molar-refractivity contribution in [1.29, 1.82) is 0 Å². The Balaban J connectivity index is 1.03. The molecule has 0 aliphatic rings. The van der Waals surface area contributed by atoms with Crippen molar-refractivity contribution in [2.45, 2.75) is 0 Å². The highest BCUT2D eigenvalue weighted by molar-refractivity contribution is 6.14. The average Bonchev–Trinajstić information content (AvgIpc) is 3.74. The van der Waals surface area contributed by atoms with Crippen LogP contribution < -0.4 is 0 Å². The molecule has 4 heteroatoms. The Morgan fingerprint density at radius 3 is 1.49 bits per heavy atom. The minimum Gasteiger partial charge on any atom is -0.309 e. The SMILES string of the molecule is [2H]c1c([2H])c([2H])c2c(c1[2H])c1cccc(-c3ccccc3-c3ccccc3)c1n2-c1ccc(-c2cccc(-c3nc(-c4ccccc4)nc(-c4ccc(-c5ccccc5)cc4)n3)c2)cc1. The minimum absolute atomic E-state index is 0.0622. The van der Waals surface area contributed by atoms with Gasteiger partial charge in [-0.1, -0.05) is 206 Å². The summed E-state index contributed by atoms with van der Waals surface area (Å²) in [7, 11) is 0. The molecule has 9 aromatic carbocycles. The van der Waals surface area contributed by atoms with E-state index in [1.807, 2.05) is 120 Å². The maximum absolute atomic E-state index is 9.24. The normalized spacial score (nSPS) is 12.2. The van der Waals surface area contributed by atoms with Crippen molar-refractivity contribution in [3.8, 4) is 84.4 Å². The molecule has 0 fully saturated rings. The molecule has 0 saturated carbocycles. The second kappa shape index (κ2) is 15.5. The van der Waals surface area contributed by atoms with Crippen molar-refractivity contribution in [1.82, 2.24) is 19.5 Å². The molecule has 0 N–H and O–H groups in total. The summed E-state index contributed by atoms with van der Waals surface area (Å²) in [4.78, 5) is 15.0. The molecular formula is C57H38N4. The molecule has 286 valence electrons. The van der Waals surface area contributed by atoms with Gasteiger partial charge in [-0.15, -0.1) is 0 Å². The fourth-order valence-corrected chi connectivity index (χ4v) is 8.26. The van der Waals surface area contributed by atoms with E-state index in [4.69, 9.17) is 19.1 Å². The zero-order chi connectivity index (χ0) is 44.0. The molecule has 4 nitrogen and oxygen atoms in total. The Hall–Kier alpha value is -8.21. The van der Waals surface area contributed by atoms with E-state index in [1.54, 1.807) is 0 Å². The molecule has 0 amide bonds. The van der Waals surface area contributed by atoms with E-state index in [9.17, 15) is 1.37 Å². The Bertz CT molecular complexity index is 3560. The lowest BCUT2D eigenvalue weighted by Gasteiger charge is -2.15. The predicted octanol–water partition coefficient (Wildman–Crippen LogP) is 14.6. The summed E-state index contributed by atoms with van der Waals surface area (Å²) in [6.45, 7) is 0. The first kappa shape index (κ1) is 31.7. The van der Waals surface area contributed by atoms with Gasteiger partial charge in [0, 0.05) is 38.7 Å². The monoisotopic (exact) mass is 782 g/mol. The Morgan fingerprint density at radius 1 is 0.328 bits per heavy atom. The molecule has 0 aliphatic heterocycles. The first-order chi connectivity index (χ1) is 31.9. The summed E-state index contributed by atoms with van der Waals surface area (Å²) in [5, 5.41) is 1.24. The van der Waals surface area contributed by atoms with E-state index in [1.165, 1.54) is 0 Å². The van der Waals surface area contributed by atoms with Gasteiger partial charge in [0.15, 0.2) is 17.5 Å². The van der Waals surface area contributed by atoms with Crippen LogP contribution >= 0.6 is 0 Å². The summed E-state index contributed by atoms with van der Waals surface area (Å²) in [5.74, 6) is 1.72. The third-order valence-electron chi connectivity index (χ3n) is 11.2. The maximum Gasteiger partial charge on any atom is 0.164 e. The van der Waals surface area contributed by atoms with Crippen LogP contribution in [0, 0.1) is 0 Å². The molecule has 0 saturated heterocycles. The van der Waals surface area contributed by atoms with Crippen molar-refractivity contribution >= 4 is 21.8 Å². The van der Waals surface area contributed by atoms with Gasteiger partial charge in [-0.05, 0) is 63.2 Å². The van der Waals surface area contributed by atoms with Crippen LogP contribution in [-0.2, 0) is 0 Å². The lowest BCUT2D eigenvalue weighted by molar-refractivity contribution is 1.07. The number of aromatic nitrogens is 4. The first-order valence-electron chi connectivity index (χ1n) is 22.3. The van der Waals surface area contributed by atoms with Crippen molar-refractivity contribution in [2.24, 2.45) is 0 Å². The number of benzene rings is 9. The van der Waals surface area contributed by atoms with Crippen LogP contribution in [0.4, 0.5) is 0 Å². The largest absolute Gasteiger partial charge is 0.309 e. The summed E-state index contributed by atoms with van der Waals surface area (Å²) >= 11 is 0. The van der Waals surface area contributed by atoms with Gasteiger partial charge in [-0.3, -0.25) is 0 Å². The summed E-state index contributed by atoms with van der Waals surface area (Å²) < 4.78 is 37.8. The van der Waals surface area contributed by atoms with Crippen LogP contribution in [0.3, 0.4) is 0 Å². The van der Waals surface area contributed by atoms with Gasteiger partial charge in [0.05, 0.1) is 16.5 Å². The maximum atomic E-state index is 9.24. The van der Waals surface area contributed by atoms with Crippen molar-refractivity contribution in [2.75, 3.05) is 0 Å².